The van der Waals surface area contributed by atoms with Gasteiger partial charge in [-0.3, -0.25) is 0 Å². The van der Waals surface area contributed by atoms with E-state index in [1.165, 1.54) is 21.9 Å². The molecular formula is C32H68Cl2Si7. The predicted octanol–water partition coefficient (Wildman–Crippen LogP) is 12.0. The summed E-state index contributed by atoms with van der Waals surface area (Å²) < 4.78 is 0. The molecule has 0 bridgehead atoms. The normalized spacial score (nSPS) is 15.3. The first-order valence-corrected chi connectivity index (χ1v) is 39.9. The average molecular weight is 720 g/mol. The highest BCUT2D eigenvalue weighted by atomic mass is 35.6. The van der Waals surface area contributed by atoms with E-state index >= 15 is 0 Å². The van der Waals surface area contributed by atoms with Gasteiger partial charge in [0.2, 0.25) is 0 Å². The molecule has 1 aromatic carbocycles. The van der Waals surface area contributed by atoms with Crippen molar-refractivity contribution >= 4 is 81.1 Å². The van der Waals surface area contributed by atoms with Crippen LogP contribution in [0, 0.1) is 0 Å². The Morgan fingerprint density at radius 3 is 1.00 bits per heavy atom. The Kier molecular flexibility index (Phi) is 13.8. The summed E-state index contributed by atoms with van der Waals surface area (Å²) in [6.07, 6.45) is 0. The minimum Gasteiger partial charge on any atom is -0.146 e. The molecule has 0 aliphatic heterocycles. The van der Waals surface area contributed by atoms with Crippen LogP contribution in [0.15, 0.2) is 12.1 Å². The van der Waals surface area contributed by atoms with Crippen molar-refractivity contribution in [2.24, 2.45) is 0 Å². The maximum absolute atomic E-state index is 8.52. The Labute approximate surface area is 275 Å². The van der Waals surface area contributed by atoms with E-state index in [2.05, 4.69) is 146 Å². The van der Waals surface area contributed by atoms with Gasteiger partial charge in [-0.25, -0.2) is 0 Å². The number of benzene rings is 1. The van der Waals surface area contributed by atoms with Gasteiger partial charge in [-0.15, -0.1) is 22.2 Å². The van der Waals surface area contributed by atoms with Crippen molar-refractivity contribution in [2.45, 2.75) is 167 Å². The first-order valence-electron chi connectivity index (χ1n) is 16.3. The van der Waals surface area contributed by atoms with Crippen molar-refractivity contribution < 1.29 is 0 Å². The van der Waals surface area contributed by atoms with Gasteiger partial charge >= 0.3 is 0 Å². The van der Waals surface area contributed by atoms with Gasteiger partial charge in [-0.1, -0.05) is 161 Å². The Bertz CT molecular complexity index is 990. The van der Waals surface area contributed by atoms with Crippen LogP contribution in [0.4, 0.5) is 0 Å². The summed E-state index contributed by atoms with van der Waals surface area (Å²) >= 11 is 16.7. The Morgan fingerprint density at radius 1 is 0.512 bits per heavy atom. The van der Waals surface area contributed by atoms with Crippen molar-refractivity contribution in [1.82, 2.24) is 0 Å². The molecule has 0 atom stereocenters. The Morgan fingerprint density at radius 2 is 0.805 bits per heavy atom. The van der Waals surface area contributed by atoms with Gasteiger partial charge in [0.15, 0.2) is 0 Å². The van der Waals surface area contributed by atoms with Crippen LogP contribution in [0.25, 0.3) is 0 Å². The van der Waals surface area contributed by atoms with Gasteiger partial charge in [-0.2, -0.15) is 0 Å². The molecule has 0 aliphatic rings. The van der Waals surface area contributed by atoms with E-state index in [0.29, 0.717) is 23.3 Å². The lowest BCUT2D eigenvalue weighted by Crippen LogP contribution is -2.75. The van der Waals surface area contributed by atoms with E-state index in [-0.39, 0.29) is 0 Å². The lowest BCUT2D eigenvalue weighted by molar-refractivity contribution is 0.813. The lowest BCUT2D eigenvalue weighted by atomic mass is 9.89. The van der Waals surface area contributed by atoms with Crippen LogP contribution >= 0.6 is 22.2 Å². The summed E-state index contributed by atoms with van der Waals surface area (Å²) in [7, 11) is -9.93. The third-order valence-electron chi connectivity index (χ3n) is 9.30. The van der Waals surface area contributed by atoms with E-state index < -0.39 is 53.8 Å². The van der Waals surface area contributed by atoms with Crippen LogP contribution in [0.5, 0.6) is 0 Å². The second kappa shape index (κ2) is 14.0. The zero-order valence-electron chi connectivity index (χ0n) is 30.9. The predicted molar refractivity (Wildman–Crippen MR) is 213 cm³/mol. The lowest BCUT2D eigenvalue weighted by Gasteiger charge is -2.62. The van der Waals surface area contributed by atoms with Gasteiger partial charge in [0.1, 0.15) is 13.9 Å². The van der Waals surface area contributed by atoms with Crippen molar-refractivity contribution in [3.63, 3.8) is 0 Å². The first kappa shape index (κ1) is 40.3. The summed E-state index contributed by atoms with van der Waals surface area (Å²) in [5, 5.41) is 1.53. The van der Waals surface area contributed by atoms with Gasteiger partial charge in [0.05, 0.1) is 7.59 Å². The van der Waals surface area contributed by atoms with Crippen LogP contribution in [0.1, 0.15) is 89.8 Å². The van der Waals surface area contributed by atoms with Gasteiger partial charge in [-0.05, 0) is 39.6 Å². The third-order valence-corrected chi connectivity index (χ3v) is 75.2. The van der Waals surface area contributed by atoms with Gasteiger partial charge < -0.3 is 0 Å². The number of halogens is 2. The number of hydrogen-bond acceptors (Lipinski definition) is 0. The fraction of sp³-hybridized carbons (Fsp3) is 0.812. The van der Waals surface area contributed by atoms with E-state index in [4.69, 9.17) is 22.2 Å². The molecule has 238 valence electrons. The SMILES string of the molecule is CC(C)c1cc(C(C)C)c(/[Si](Cl)=[Si](\Cl)[Si](C(C)C)(C([Si](C)(C)C)[Si](C)(C)C)C([Si](C)(C)C)[Si](C)(C)C)c(C(C)C)c1. The molecule has 0 radical (unpaired) electrons. The van der Waals surface area contributed by atoms with E-state index in [0.717, 1.165) is 9.58 Å². The fourth-order valence-electron chi connectivity index (χ4n) is 9.31. The fourth-order valence-corrected chi connectivity index (χ4v) is 120. The van der Waals surface area contributed by atoms with Gasteiger partial charge in [0.25, 0.3) is 0 Å². The minimum absolute atomic E-state index is 0.455. The highest BCUT2D eigenvalue weighted by molar-refractivity contribution is 7.68. The van der Waals surface area contributed by atoms with Gasteiger partial charge in [0, 0.05) is 32.3 Å². The molecule has 41 heavy (non-hydrogen) atoms. The molecule has 0 spiro atoms. The zero-order chi connectivity index (χ0) is 32.8. The first-order chi connectivity index (χ1) is 18.0. The maximum Gasteiger partial charge on any atom is 0.149 e. The van der Waals surface area contributed by atoms with Crippen LogP contribution in [-0.2, 0) is 0 Å². The standard InChI is InChI=1S/C32H68Cl2Si7/c1-23(2)27-21-28(24(3)4)30(29(22-27)25(5)6)35(33)36(34)41(26(7)8,31(37(9,10)11)38(12,13)14)32(39(15,16)17)40(18,19)20/h21-26,31-32H,1-20H3/b36-35-. The molecule has 0 unspecified atom stereocenters. The monoisotopic (exact) mass is 718 g/mol. The molecule has 1 aromatic rings. The summed E-state index contributed by atoms with van der Waals surface area (Å²) in [5.74, 6) is 1.42. The van der Waals surface area contributed by atoms with E-state index in [1.807, 2.05) is 0 Å². The molecule has 0 aliphatic carbocycles. The molecule has 1 rings (SSSR count). The number of hydrogen-bond donors (Lipinski definition) is 0. The molecule has 0 saturated heterocycles. The Hall–Kier alpha value is 1.32. The Balaban J connectivity index is 4.74. The minimum atomic E-state index is -2.15. The maximum atomic E-state index is 8.52. The van der Waals surface area contributed by atoms with Crippen molar-refractivity contribution in [2.75, 3.05) is 0 Å². The molecule has 0 aromatic heterocycles. The van der Waals surface area contributed by atoms with Crippen molar-refractivity contribution in [1.29, 1.82) is 0 Å². The summed E-state index contributed by atoms with van der Waals surface area (Å²) in [6, 6.07) is 5.05. The summed E-state index contributed by atoms with van der Waals surface area (Å²) in [4.78, 5) is 1.74. The highest BCUT2D eigenvalue weighted by Gasteiger charge is 2.65. The molecule has 0 nitrogen and oxygen atoms in total. The molecule has 9 heteroatoms. The topological polar surface area (TPSA) is 0 Å². The second-order valence-corrected chi connectivity index (χ2v) is 62.9. The molecule has 0 fully saturated rings. The van der Waals surface area contributed by atoms with Crippen LogP contribution in [0.3, 0.4) is 0 Å². The van der Waals surface area contributed by atoms with E-state index in [9.17, 15) is 0 Å². The summed E-state index contributed by atoms with van der Waals surface area (Å²) in [6.45, 7) is 50.5. The van der Waals surface area contributed by atoms with Crippen LogP contribution in [0.2, 0.25) is 93.7 Å². The second-order valence-electron chi connectivity index (χ2n) is 18.6. The molecular weight excluding hydrogens is 652 g/mol. The van der Waals surface area contributed by atoms with Crippen molar-refractivity contribution in [3.8, 4) is 0 Å². The molecule has 0 amide bonds. The van der Waals surface area contributed by atoms with Crippen LogP contribution < -0.4 is 5.19 Å². The quantitative estimate of drug-likeness (QED) is 0.149. The van der Waals surface area contributed by atoms with Crippen molar-refractivity contribution in [3.05, 3.63) is 28.8 Å². The van der Waals surface area contributed by atoms with E-state index in [1.54, 1.807) is 0 Å². The number of rotatable bonds is 12. The average Bonchev–Trinajstić information content (AvgIpc) is 2.72. The third kappa shape index (κ3) is 8.77. The highest BCUT2D eigenvalue weighted by Crippen LogP contribution is 2.57. The summed E-state index contributed by atoms with van der Waals surface area (Å²) in [5.41, 5.74) is 5.15. The van der Waals surface area contributed by atoms with Crippen LogP contribution in [-0.4, -0.2) is 53.8 Å². The smallest absolute Gasteiger partial charge is 0.146 e. The molecule has 0 saturated carbocycles. The molecule has 0 heterocycles. The largest absolute Gasteiger partial charge is 0.149 e. The zero-order valence-corrected chi connectivity index (χ0v) is 39.4. The molecule has 0 N–H and O–H groups in total.